The van der Waals surface area contributed by atoms with Gasteiger partial charge in [0.1, 0.15) is 89.2 Å². The van der Waals surface area contributed by atoms with E-state index in [9.17, 15) is 63.2 Å². The minimum Gasteiger partial charge on any atom is -0.490 e. The number of carboxylic acids is 4. The molecule has 7 aliphatic carbocycles. The molecular weight excluding hydrogens is 1780 g/mol. The molecular formula is C100H130FN17O20. The van der Waals surface area contributed by atoms with E-state index in [1.165, 1.54) is 47.4 Å². The number of nitrogens with zero attached hydrogens (tertiary/aromatic N) is 17. The second kappa shape index (κ2) is 48.1. The number of carbonyl (C=O) groups excluding carboxylic acids is 4. The fraction of sp³-hybridized carbons (Fsp3) is 0.550. The maximum Gasteiger partial charge on any atom is 0.410 e. The van der Waals surface area contributed by atoms with Gasteiger partial charge in [-0.3, -0.25) is 19.2 Å². The molecule has 0 saturated heterocycles. The van der Waals surface area contributed by atoms with Crippen LogP contribution in [-0.4, -0.2) is 225 Å². The van der Waals surface area contributed by atoms with Crippen LogP contribution in [0.3, 0.4) is 0 Å². The van der Waals surface area contributed by atoms with E-state index in [0.717, 1.165) is 141 Å². The fourth-order valence-electron chi connectivity index (χ4n) is 18.6. The van der Waals surface area contributed by atoms with Gasteiger partial charge in [-0.05, 0) is 257 Å². The van der Waals surface area contributed by atoms with Gasteiger partial charge >= 0.3 is 48.3 Å². The summed E-state index contributed by atoms with van der Waals surface area (Å²) in [6.45, 7) is 7.73. The van der Waals surface area contributed by atoms with Gasteiger partial charge < -0.3 is 77.9 Å². The first-order chi connectivity index (χ1) is 66.3. The number of hydrogen-bond donors (Lipinski definition) is 4. The van der Waals surface area contributed by atoms with Crippen molar-refractivity contribution < 1.29 is 101 Å². The van der Waals surface area contributed by atoms with Gasteiger partial charge in [-0.2, -0.15) is 0 Å². The van der Waals surface area contributed by atoms with E-state index in [2.05, 4.69) is 46.2 Å². The Morgan fingerprint density at radius 3 is 1.07 bits per heavy atom. The third kappa shape index (κ3) is 27.4. The van der Waals surface area contributed by atoms with Crippen LogP contribution in [0.2, 0.25) is 0 Å². The smallest absolute Gasteiger partial charge is 0.410 e. The molecule has 4 N–H and O–H groups in total. The molecule has 742 valence electrons. The molecule has 0 aliphatic heterocycles. The van der Waals surface area contributed by atoms with E-state index in [4.69, 9.17) is 37.9 Å². The highest BCUT2D eigenvalue weighted by Gasteiger charge is 2.36. The van der Waals surface area contributed by atoms with E-state index in [1.54, 1.807) is 97.3 Å². The van der Waals surface area contributed by atoms with Crippen LogP contribution in [0, 0.1) is 62.1 Å². The van der Waals surface area contributed by atoms with Gasteiger partial charge in [0.2, 0.25) is 0 Å². The maximum atomic E-state index is 14.9. The fourth-order valence-corrected chi connectivity index (χ4v) is 18.6. The van der Waals surface area contributed by atoms with Crippen LogP contribution in [-0.2, 0) is 99.3 Å². The van der Waals surface area contributed by atoms with Gasteiger partial charge in [0.25, 0.3) is 0 Å². The number of amides is 4. The second-order valence-corrected chi connectivity index (χ2v) is 37.6. The van der Waals surface area contributed by atoms with E-state index in [1.807, 2.05) is 93.6 Å². The normalized spacial score (nSPS) is 19.7. The topological polar surface area (TPSA) is 440 Å². The molecule has 5 aromatic heterocycles. The van der Waals surface area contributed by atoms with Crippen LogP contribution in [0.25, 0.3) is 45.2 Å². The molecule has 0 spiro atoms. The number of carboxylic acid groups (broad SMARTS) is 4. The number of hydrogen-bond acceptors (Lipinski definition) is 25. The summed E-state index contributed by atoms with van der Waals surface area (Å²) < 4.78 is 67.6. The van der Waals surface area contributed by atoms with Gasteiger partial charge in [0.05, 0.1) is 59.5 Å². The standard InChI is InChI=1S/C26H31N5O5.2C25H34N4O5.C24H31FN4O5/c1-17-23(36-20-11-7-10-19(14-20)25(32)33)13-12-21(27-17)24-22(31(3)29-28-24)16-35-26(34)30(2)15-18-8-5-4-6-9-18;1-16-12-18(10-11-22(16)34-20-9-5-8-19(13-20)24(30)31)23-21(29(3)27-26-23)15-33-25(32)28(2)14-17-6-4-7-17;1-16-13-17(11-12-22(16)34-20-10-6-7-18(14-20)24(30)31)23-21(29(3)27-26-23)15-33-25(32)28(2)19-8-4-5-9-19;1-28(13-15-5-3-6-15)24(32)33-14-20-22(26-27-29(20)2)16-9-10-21(19(25)12-16)34-18-8-4-7-17(11-18)23(30)31/h4-6,8-9,12-13,19-20H,7,10-11,14-16H2,1-3H3,(H,32,33);10-12,17,19-20H,4-9,13-15H2,1-3H3,(H,30,31);11-13,18-20H,4-10,14-15H2,1-3H3,(H,30,31);9-10,12,15,17-18H,3-8,11,13-14H2,1-2H3,(H,30,31)/t2*19-,20-;18-,20-;17-,18-/m0000/s1. The van der Waals surface area contributed by atoms with Gasteiger partial charge in [0.15, 0.2) is 11.6 Å². The minimum absolute atomic E-state index is 0.00553. The Bertz CT molecular complexity index is 5510. The first-order valence-corrected chi connectivity index (χ1v) is 48.0. The lowest BCUT2D eigenvalue weighted by molar-refractivity contribution is -0.144. The number of aryl methyl sites for hydroxylation is 7. The molecule has 7 saturated carbocycles. The van der Waals surface area contributed by atoms with E-state index < -0.39 is 47.8 Å². The molecule has 7 aliphatic rings. The van der Waals surface area contributed by atoms with E-state index in [0.29, 0.717) is 140 Å². The van der Waals surface area contributed by atoms with Crippen LogP contribution >= 0.6 is 0 Å². The van der Waals surface area contributed by atoms with Crippen molar-refractivity contribution in [1.82, 2.24) is 84.6 Å². The summed E-state index contributed by atoms with van der Waals surface area (Å²) in [5.41, 5.74) is 11.2. The van der Waals surface area contributed by atoms with Crippen molar-refractivity contribution >= 4 is 48.3 Å². The molecule has 4 amide bonds. The minimum atomic E-state index is -0.839. The van der Waals surface area contributed by atoms with Crippen LogP contribution in [0.1, 0.15) is 212 Å². The Kier molecular flexibility index (Phi) is 35.6. The number of aromatic nitrogens is 13. The van der Waals surface area contributed by atoms with Crippen molar-refractivity contribution in [3.8, 4) is 68.2 Å². The summed E-state index contributed by atoms with van der Waals surface area (Å²) in [5, 5.41) is 70.6. The molecule has 38 heteroatoms. The summed E-state index contributed by atoms with van der Waals surface area (Å²) in [6.07, 6.45) is 20.4. The van der Waals surface area contributed by atoms with Gasteiger partial charge in [-0.25, -0.2) is 47.3 Å². The van der Waals surface area contributed by atoms with Gasteiger partial charge in [0, 0.05) is 98.7 Å². The molecule has 5 heterocycles. The van der Waals surface area contributed by atoms with Gasteiger partial charge in [-0.15, -0.1) is 20.4 Å². The number of rotatable bonds is 31. The Balaban J connectivity index is 0.000000155. The highest BCUT2D eigenvalue weighted by atomic mass is 19.1. The quantitative estimate of drug-likeness (QED) is 0.0293. The first kappa shape index (κ1) is 102. The predicted octanol–water partition coefficient (Wildman–Crippen LogP) is 16.5. The van der Waals surface area contributed by atoms with Crippen LogP contribution < -0.4 is 18.9 Å². The molecule has 37 nitrogen and oxygen atoms in total. The third-order valence-electron chi connectivity index (χ3n) is 27.4. The van der Waals surface area contributed by atoms with Crippen LogP contribution in [0.4, 0.5) is 23.6 Å². The highest BCUT2D eigenvalue weighted by molar-refractivity contribution is 5.74. The Hall–Kier alpha value is -13.3. The van der Waals surface area contributed by atoms with E-state index in [-0.39, 0.29) is 92.6 Å². The molecule has 4 aromatic carbocycles. The molecule has 138 heavy (non-hydrogen) atoms. The molecule has 9 aromatic rings. The number of pyridine rings is 1. The van der Waals surface area contributed by atoms with E-state index >= 15 is 0 Å². The predicted molar refractivity (Wildman–Crippen MR) is 502 cm³/mol. The SMILES string of the molecule is CN(CC1CCC1)C(=O)OCc1c(-c2ccc(O[C@H]3CCC[C@H](C(=O)O)C3)c(F)c2)nnn1C.Cc1cc(-c2nnn(C)c2COC(=O)N(C)C2CCCC2)ccc1O[C@H]1CCC[C@H](C(=O)O)C1.Cc1cc(-c2nnn(C)c2COC(=O)N(C)CC2CCC2)ccc1O[C@H]1CCC[C@H](C(=O)O)C1.Cc1nc(-c2nnn(C)c2COC(=O)N(C)Cc2ccccc2)ccc1O[C@H]1CCC[C@H](C(=O)O)C1. The van der Waals surface area contributed by atoms with Crippen molar-refractivity contribution in [2.75, 3.05) is 41.3 Å². The molecule has 16 rings (SSSR count). The summed E-state index contributed by atoms with van der Waals surface area (Å²) >= 11 is 0. The van der Waals surface area contributed by atoms with Gasteiger partial charge in [-0.1, -0.05) is 76.9 Å². The zero-order valence-electron chi connectivity index (χ0n) is 80.7. The number of benzene rings is 4. The molecule has 0 unspecified atom stereocenters. The van der Waals surface area contributed by atoms with Crippen molar-refractivity contribution in [2.45, 2.75) is 251 Å². The monoisotopic (exact) mass is 1910 g/mol. The lowest BCUT2D eigenvalue weighted by atomic mass is 9.85. The molecule has 0 radical (unpaired) electrons. The first-order valence-electron chi connectivity index (χ1n) is 48.0. The zero-order valence-corrected chi connectivity index (χ0v) is 80.7. The maximum absolute atomic E-state index is 14.9. The van der Waals surface area contributed by atoms with Crippen LogP contribution in [0.15, 0.2) is 97.1 Å². The summed E-state index contributed by atoms with van der Waals surface area (Å²) in [6, 6.07) is 29.6. The Morgan fingerprint density at radius 1 is 0.377 bits per heavy atom. The van der Waals surface area contributed by atoms with Crippen molar-refractivity contribution in [1.29, 1.82) is 0 Å². The number of ether oxygens (including phenoxy) is 8. The molecule has 7 fully saturated rings. The number of carbonyl (C=O) groups is 8. The number of halogens is 1. The van der Waals surface area contributed by atoms with Crippen molar-refractivity contribution in [3.63, 3.8) is 0 Å². The van der Waals surface area contributed by atoms with Crippen molar-refractivity contribution in [3.05, 3.63) is 148 Å². The largest absolute Gasteiger partial charge is 0.490 e. The summed E-state index contributed by atoms with van der Waals surface area (Å²) in [7, 11) is 14.0. The lowest BCUT2D eigenvalue weighted by Gasteiger charge is -2.29. The average Bonchev–Trinajstić information content (AvgIpc) is 1.65. The molecule has 8 atom stereocenters. The highest BCUT2D eigenvalue weighted by Crippen LogP contribution is 2.39. The van der Waals surface area contributed by atoms with Crippen LogP contribution in [0.5, 0.6) is 23.0 Å². The zero-order chi connectivity index (χ0) is 98.4. The molecule has 0 bridgehead atoms. The third-order valence-corrected chi connectivity index (χ3v) is 27.4. The Morgan fingerprint density at radius 2 is 0.710 bits per heavy atom. The lowest BCUT2D eigenvalue weighted by Crippen LogP contribution is -2.35. The summed E-state index contributed by atoms with van der Waals surface area (Å²) in [5.74, 6) is -1.85. The Labute approximate surface area is 802 Å². The average molecular weight is 1910 g/mol. The second-order valence-electron chi connectivity index (χ2n) is 37.6. The number of aliphatic carboxylic acids is 4. The van der Waals surface area contributed by atoms with Crippen molar-refractivity contribution in [2.24, 2.45) is 63.7 Å². The summed E-state index contributed by atoms with van der Waals surface area (Å²) in [4.78, 5) is 106.